The van der Waals surface area contributed by atoms with Gasteiger partial charge in [0, 0.05) is 22.8 Å². The Kier molecular flexibility index (Phi) is 5.03. The molecular weight excluding hydrogens is 418 g/mol. The molecule has 0 bridgehead atoms. The largest absolute Gasteiger partial charge is 0.368 e. The molecule has 0 radical (unpaired) electrons. The van der Waals surface area contributed by atoms with Crippen LogP contribution in [0.15, 0.2) is 46.0 Å². The van der Waals surface area contributed by atoms with E-state index in [1.807, 2.05) is 13.0 Å². The Labute approximate surface area is 160 Å². The number of hydrogen-bond acceptors (Lipinski definition) is 6. The molecule has 0 saturated carbocycles. The van der Waals surface area contributed by atoms with Gasteiger partial charge in [0.15, 0.2) is 9.84 Å². The van der Waals surface area contributed by atoms with Crippen molar-refractivity contribution in [3.8, 4) is 0 Å². The zero-order chi connectivity index (χ0) is 18.9. The van der Waals surface area contributed by atoms with Crippen molar-refractivity contribution < 1.29 is 8.42 Å². The molecule has 2 heterocycles. The topological polar surface area (TPSA) is 89.2 Å². The summed E-state index contributed by atoms with van der Waals surface area (Å²) in [4.78, 5) is 8.80. The summed E-state index contributed by atoms with van der Waals surface area (Å²) in [6.07, 6.45) is 2.18. The molecule has 3 rings (SSSR count). The van der Waals surface area contributed by atoms with E-state index in [0.29, 0.717) is 16.5 Å². The zero-order valence-electron chi connectivity index (χ0n) is 14.8. The fourth-order valence-corrected chi connectivity index (χ4v) is 4.16. The second-order valence-electron chi connectivity index (χ2n) is 6.53. The Hall–Kier alpha value is -2.00. The predicted molar refractivity (Wildman–Crippen MR) is 104 cm³/mol. The average Bonchev–Trinajstić information content (AvgIpc) is 3.08. The molecule has 0 aliphatic heterocycles. The normalized spacial score (nSPS) is 12.5. The van der Waals surface area contributed by atoms with Gasteiger partial charge in [0.2, 0.25) is 0 Å². The summed E-state index contributed by atoms with van der Waals surface area (Å²) >= 11 is 3.33. The number of benzene rings is 1. The zero-order valence-corrected chi connectivity index (χ0v) is 17.2. The van der Waals surface area contributed by atoms with Crippen LogP contribution in [0.4, 0.5) is 5.82 Å². The van der Waals surface area contributed by atoms with Crippen LogP contribution >= 0.6 is 15.9 Å². The molecule has 7 nitrogen and oxygen atoms in total. The Morgan fingerprint density at radius 3 is 2.58 bits per heavy atom. The van der Waals surface area contributed by atoms with Crippen molar-refractivity contribution in [1.82, 2.24) is 19.6 Å². The molecule has 0 saturated heterocycles. The van der Waals surface area contributed by atoms with Crippen molar-refractivity contribution in [1.29, 1.82) is 0 Å². The van der Waals surface area contributed by atoms with E-state index in [0.717, 1.165) is 16.6 Å². The first kappa shape index (κ1) is 18.8. The number of nitrogens with one attached hydrogen (secondary N) is 1. The highest BCUT2D eigenvalue weighted by atomic mass is 79.9. The third-order valence-corrected chi connectivity index (χ3v) is 7.23. The maximum atomic E-state index is 13.0. The summed E-state index contributed by atoms with van der Waals surface area (Å²) in [5.41, 5.74) is 0.863. The van der Waals surface area contributed by atoms with Gasteiger partial charge in [-0.3, -0.25) is 0 Å². The third-order valence-electron chi connectivity index (χ3n) is 4.21. The van der Waals surface area contributed by atoms with Gasteiger partial charge in [0.25, 0.3) is 5.78 Å². The summed E-state index contributed by atoms with van der Waals surface area (Å²) in [6, 6.07) is 8.54. The molecule has 0 atom stereocenters. The molecule has 9 heteroatoms. The Morgan fingerprint density at radius 1 is 1.23 bits per heavy atom. The fourth-order valence-electron chi connectivity index (χ4n) is 2.50. The molecule has 0 aliphatic carbocycles. The van der Waals surface area contributed by atoms with Crippen LogP contribution in [0.1, 0.15) is 26.5 Å². The Morgan fingerprint density at radius 2 is 1.92 bits per heavy atom. The van der Waals surface area contributed by atoms with Gasteiger partial charge in [-0.25, -0.2) is 13.4 Å². The monoisotopic (exact) mass is 437 g/mol. The van der Waals surface area contributed by atoms with Crippen LogP contribution in [-0.4, -0.2) is 39.3 Å². The Bertz CT molecular complexity index is 1030. The van der Waals surface area contributed by atoms with Crippen molar-refractivity contribution in [3.05, 3.63) is 46.8 Å². The van der Waals surface area contributed by atoms with Gasteiger partial charge >= 0.3 is 0 Å². The fraction of sp³-hybridized carbons (Fsp3) is 0.353. The maximum Gasteiger partial charge on any atom is 0.254 e. The molecule has 0 amide bonds. The molecule has 0 unspecified atom stereocenters. The minimum absolute atomic E-state index is 0.216. The smallest absolute Gasteiger partial charge is 0.254 e. The molecule has 2 aromatic heterocycles. The lowest BCUT2D eigenvalue weighted by molar-refractivity contribution is 0.553. The van der Waals surface area contributed by atoms with Gasteiger partial charge in [0.05, 0.1) is 9.64 Å². The van der Waals surface area contributed by atoms with Crippen LogP contribution < -0.4 is 5.32 Å². The number of sulfone groups is 1. The number of fused-ring (bicyclic) bond motifs is 1. The molecule has 0 aliphatic rings. The van der Waals surface area contributed by atoms with Gasteiger partial charge in [-0.15, -0.1) is 0 Å². The van der Waals surface area contributed by atoms with E-state index in [4.69, 9.17) is 0 Å². The van der Waals surface area contributed by atoms with Gasteiger partial charge in [0.1, 0.15) is 12.1 Å². The first-order valence-electron chi connectivity index (χ1n) is 8.18. The van der Waals surface area contributed by atoms with Gasteiger partial charge in [-0.1, -0.05) is 22.9 Å². The standard InChI is InChI=1S/C17H20BrN5O2S/c1-4-13-9-15(23-16(22-13)20-11-21-23)19-10-17(2,3)26(24,25)14-7-5-12(18)6-8-14/h5-9,11,19H,4,10H2,1-3H3. The van der Waals surface area contributed by atoms with E-state index in [1.54, 1.807) is 42.6 Å². The SMILES string of the molecule is CCc1cc(NCC(C)(C)S(=O)(=O)c2ccc(Br)cc2)n2ncnc2n1. The summed E-state index contributed by atoms with van der Waals surface area (Å²) in [5.74, 6) is 1.16. The highest BCUT2D eigenvalue weighted by Gasteiger charge is 2.35. The van der Waals surface area contributed by atoms with Crippen molar-refractivity contribution in [2.24, 2.45) is 0 Å². The number of aromatic nitrogens is 4. The minimum Gasteiger partial charge on any atom is -0.368 e. The van der Waals surface area contributed by atoms with Crippen molar-refractivity contribution in [2.75, 3.05) is 11.9 Å². The first-order valence-corrected chi connectivity index (χ1v) is 10.5. The number of halogens is 1. The van der Waals surface area contributed by atoms with Crippen LogP contribution in [0.2, 0.25) is 0 Å². The summed E-state index contributed by atoms with van der Waals surface area (Å²) in [7, 11) is -3.53. The maximum absolute atomic E-state index is 13.0. The van der Waals surface area contributed by atoms with Crippen molar-refractivity contribution in [2.45, 2.75) is 36.8 Å². The second-order valence-corrected chi connectivity index (χ2v) is 10.0. The Balaban J connectivity index is 1.88. The van der Waals surface area contributed by atoms with Gasteiger partial charge < -0.3 is 5.32 Å². The summed E-state index contributed by atoms with van der Waals surface area (Å²) in [6.45, 7) is 5.63. The van der Waals surface area contributed by atoms with Gasteiger partial charge in [-0.2, -0.15) is 14.6 Å². The van der Waals surface area contributed by atoms with Gasteiger partial charge in [-0.05, 0) is 44.5 Å². The lowest BCUT2D eigenvalue weighted by Gasteiger charge is -2.26. The van der Waals surface area contributed by atoms with Crippen molar-refractivity contribution in [3.63, 3.8) is 0 Å². The van der Waals surface area contributed by atoms with E-state index >= 15 is 0 Å². The van der Waals surface area contributed by atoms with Crippen LogP contribution in [0.5, 0.6) is 0 Å². The summed E-state index contributed by atoms with van der Waals surface area (Å²) in [5, 5.41) is 7.36. The second kappa shape index (κ2) is 6.96. The molecule has 3 aromatic rings. The molecule has 26 heavy (non-hydrogen) atoms. The van der Waals surface area contributed by atoms with Crippen molar-refractivity contribution >= 4 is 37.4 Å². The third kappa shape index (κ3) is 3.45. The average molecular weight is 438 g/mol. The van der Waals surface area contributed by atoms with E-state index in [9.17, 15) is 8.42 Å². The van der Waals surface area contributed by atoms with E-state index in [-0.39, 0.29) is 6.54 Å². The highest BCUT2D eigenvalue weighted by molar-refractivity contribution is 9.10. The van der Waals surface area contributed by atoms with Crippen LogP contribution in [-0.2, 0) is 16.3 Å². The molecule has 0 spiro atoms. The van der Waals surface area contributed by atoms with Crippen LogP contribution in [0.25, 0.3) is 5.78 Å². The molecule has 1 N–H and O–H groups in total. The van der Waals surface area contributed by atoms with Crippen LogP contribution in [0.3, 0.4) is 0 Å². The first-order chi connectivity index (χ1) is 12.2. The molecule has 138 valence electrons. The van der Waals surface area contributed by atoms with E-state index < -0.39 is 14.6 Å². The van der Waals surface area contributed by atoms with Crippen LogP contribution in [0, 0.1) is 0 Å². The number of anilines is 1. The minimum atomic E-state index is -3.53. The summed E-state index contributed by atoms with van der Waals surface area (Å²) < 4.78 is 27.4. The molecule has 0 fully saturated rings. The number of hydrogen-bond donors (Lipinski definition) is 1. The molecular formula is C17H20BrN5O2S. The quantitative estimate of drug-likeness (QED) is 0.636. The van der Waals surface area contributed by atoms with E-state index in [1.165, 1.54) is 6.33 Å². The predicted octanol–water partition coefficient (Wildman–Crippen LogP) is 3.11. The lowest BCUT2D eigenvalue weighted by atomic mass is 10.2. The van der Waals surface area contributed by atoms with E-state index in [2.05, 4.69) is 36.3 Å². The molecule has 1 aromatic carbocycles. The number of aryl methyl sites for hydroxylation is 1. The highest BCUT2D eigenvalue weighted by Crippen LogP contribution is 2.27. The number of rotatable bonds is 6. The number of nitrogens with zero attached hydrogens (tertiary/aromatic N) is 4. The lowest BCUT2D eigenvalue weighted by Crippen LogP contribution is -2.39.